The lowest BCUT2D eigenvalue weighted by Gasteiger charge is -2.50. The highest BCUT2D eigenvalue weighted by molar-refractivity contribution is 5.94. The molecule has 0 bridgehead atoms. The summed E-state index contributed by atoms with van der Waals surface area (Å²) in [7, 11) is 1.58. The van der Waals surface area contributed by atoms with Gasteiger partial charge in [-0.1, -0.05) is 18.2 Å². The molecule has 1 spiro atoms. The van der Waals surface area contributed by atoms with Crippen molar-refractivity contribution in [3.05, 3.63) is 65.2 Å². The van der Waals surface area contributed by atoms with Gasteiger partial charge in [-0.25, -0.2) is 0 Å². The molecular weight excluding hydrogens is 485 g/mol. The number of carbonyl (C=O) groups excluding carboxylic acids is 1. The minimum Gasteiger partial charge on any atom is -0.385 e. The molecule has 2 aromatic rings. The van der Waals surface area contributed by atoms with Gasteiger partial charge in [-0.15, -0.1) is 0 Å². The van der Waals surface area contributed by atoms with E-state index in [-0.39, 0.29) is 12.0 Å². The van der Waals surface area contributed by atoms with Crippen LogP contribution in [0.2, 0.25) is 0 Å². The summed E-state index contributed by atoms with van der Waals surface area (Å²) in [6.45, 7) is 2.18. The second-order valence-electron chi connectivity index (χ2n) is 10.6. The summed E-state index contributed by atoms with van der Waals surface area (Å²) in [5.41, 5.74) is -0.0849. The third-order valence-electron chi connectivity index (χ3n) is 8.02. The molecule has 3 aliphatic rings. The molecule has 1 N–H and O–H groups in total. The van der Waals surface area contributed by atoms with Crippen LogP contribution in [0.4, 0.5) is 18.9 Å². The van der Waals surface area contributed by atoms with Crippen LogP contribution in [0.25, 0.3) is 0 Å². The van der Waals surface area contributed by atoms with E-state index in [2.05, 4.69) is 0 Å². The van der Waals surface area contributed by atoms with Crippen LogP contribution >= 0.6 is 0 Å². The third kappa shape index (κ3) is 5.35. The predicted molar refractivity (Wildman–Crippen MR) is 132 cm³/mol. The molecule has 1 unspecified atom stereocenters. The molecule has 200 valence electrons. The number of anilines is 1. The zero-order valence-electron chi connectivity index (χ0n) is 21.0. The summed E-state index contributed by atoms with van der Waals surface area (Å²) in [4.78, 5) is 16.9. The lowest BCUT2D eigenvalue weighted by molar-refractivity contribution is -0.145. The first kappa shape index (κ1) is 26.0. The van der Waals surface area contributed by atoms with Crippen molar-refractivity contribution >= 4 is 11.6 Å². The smallest absolute Gasteiger partial charge is 0.385 e. The molecule has 9 heteroatoms. The number of aliphatic hydroxyl groups is 1. The molecule has 3 fully saturated rings. The standard InChI is InChI=1S/C28H33F3N2O4/c1-36-18-24-17-33(23-5-2-4-22(16-23)28(29,30)31)19-26(37-24)12-14-32(15-13-26)25(34)20-6-8-21(9-7-20)27(35)10-3-11-27/h2,4-9,16,24,35H,3,10-15,17-19H2,1H3. The number of halogens is 3. The van der Waals surface area contributed by atoms with Crippen molar-refractivity contribution in [1.82, 2.24) is 4.90 Å². The first-order valence-corrected chi connectivity index (χ1v) is 12.8. The largest absolute Gasteiger partial charge is 0.416 e. The van der Waals surface area contributed by atoms with Crippen LogP contribution < -0.4 is 4.90 Å². The van der Waals surface area contributed by atoms with Gasteiger partial charge in [0.25, 0.3) is 5.91 Å². The van der Waals surface area contributed by atoms with Gasteiger partial charge in [-0.3, -0.25) is 4.79 Å². The molecule has 37 heavy (non-hydrogen) atoms. The molecule has 5 rings (SSSR count). The number of methoxy groups -OCH3 is 1. The zero-order chi connectivity index (χ0) is 26.3. The summed E-state index contributed by atoms with van der Waals surface area (Å²) in [6, 6.07) is 12.6. The first-order chi connectivity index (χ1) is 17.6. The van der Waals surface area contributed by atoms with E-state index in [9.17, 15) is 23.1 Å². The number of nitrogens with zero attached hydrogens (tertiary/aromatic N) is 2. The Kier molecular flexibility index (Phi) is 6.98. The Morgan fingerprint density at radius 3 is 2.41 bits per heavy atom. The maximum atomic E-state index is 13.3. The highest BCUT2D eigenvalue weighted by Crippen LogP contribution is 2.41. The number of likely N-dealkylation sites (tertiary alicyclic amines) is 1. The summed E-state index contributed by atoms with van der Waals surface area (Å²) < 4.78 is 51.8. The number of piperidine rings is 1. The van der Waals surface area contributed by atoms with E-state index in [1.807, 2.05) is 17.0 Å². The Hall–Kier alpha value is -2.62. The fraction of sp³-hybridized carbons (Fsp3) is 0.536. The Morgan fingerprint density at radius 1 is 1.11 bits per heavy atom. The Balaban J connectivity index is 1.28. The molecule has 1 amide bonds. The van der Waals surface area contributed by atoms with Crippen molar-refractivity contribution in [2.45, 2.75) is 55.6 Å². The molecular formula is C28H33F3N2O4. The summed E-state index contributed by atoms with van der Waals surface area (Å²) in [6.07, 6.45) is -1.05. The topological polar surface area (TPSA) is 62.2 Å². The van der Waals surface area contributed by atoms with E-state index in [1.54, 1.807) is 30.2 Å². The summed E-state index contributed by atoms with van der Waals surface area (Å²) >= 11 is 0. The zero-order valence-corrected chi connectivity index (χ0v) is 21.0. The molecule has 1 aliphatic carbocycles. The molecule has 2 aromatic carbocycles. The number of hydrogen-bond acceptors (Lipinski definition) is 5. The number of amides is 1. The maximum absolute atomic E-state index is 13.3. The quantitative estimate of drug-likeness (QED) is 0.627. The van der Waals surface area contributed by atoms with Gasteiger partial charge in [0.15, 0.2) is 0 Å². The van der Waals surface area contributed by atoms with Crippen LogP contribution in [0.3, 0.4) is 0 Å². The first-order valence-electron chi connectivity index (χ1n) is 12.8. The number of benzene rings is 2. The fourth-order valence-electron chi connectivity index (χ4n) is 5.73. The number of morpholine rings is 1. The lowest BCUT2D eigenvalue weighted by atomic mass is 9.75. The van der Waals surface area contributed by atoms with E-state index in [4.69, 9.17) is 9.47 Å². The number of carbonyl (C=O) groups is 1. The highest BCUT2D eigenvalue weighted by atomic mass is 19.4. The number of rotatable bonds is 5. The van der Waals surface area contributed by atoms with Crippen LogP contribution in [-0.4, -0.2) is 67.5 Å². The van der Waals surface area contributed by atoms with Crippen LogP contribution in [0.15, 0.2) is 48.5 Å². The fourth-order valence-corrected chi connectivity index (χ4v) is 5.73. The SMILES string of the molecule is COCC1CN(c2cccc(C(F)(F)F)c2)CC2(CCN(C(=O)c3ccc(C4(O)CCC4)cc3)CC2)O1. The van der Waals surface area contributed by atoms with E-state index in [1.165, 1.54) is 12.1 Å². The van der Waals surface area contributed by atoms with Crippen molar-refractivity contribution in [3.8, 4) is 0 Å². The molecule has 2 saturated heterocycles. The molecule has 1 atom stereocenters. The van der Waals surface area contributed by atoms with Gasteiger partial charge in [-0.2, -0.15) is 13.2 Å². The van der Waals surface area contributed by atoms with Crippen LogP contribution in [0.5, 0.6) is 0 Å². The minimum atomic E-state index is -4.41. The van der Waals surface area contributed by atoms with Crippen molar-refractivity contribution in [2.75, 3.05) is 44.8 Å². The second kappa shape index (κ2) is 9.93. The number of alkyl halides is 3. The number of hydrogen-bond donors (Lipinski definition) is 1. The average Bonchev–Trinajstić information content (AvgIpc) is 2.87. The average molecular weight is 519 g/mol. The Bertz CT molecular complexity index is 1110. The third-order valence-corrected chi connectivity index (χ3v) is 8.02. The molecule has 0 aromatic heterocycles. The van der Waals surface area contributed by atoms with Gasteiger partial charge in [0, 0.05) is 44.5 Å². The Labute approximate surface area is 215 Å². The van der Waals surface area contributed by atoms with Gasteiger partial charge in [0.2, 0.25) is 0 Å². The number of ether oxygens (including phenoxy) is 2. The van der Waals surface area contributed by atoms with Crippen LogP contribution in [0.1, 0.15) is 53.6 Å². The minimum absolute atomic E-state index is 0.0685. The van der Waals surface area contributed by atoms with Gasteiger partial charge in [0.05, 0.1) is 29.5 Å². The van der Waals surface area contributed by atoms with Gasteiger partial charge in [0.1, 0.15) is 0 Å². The summed E-state index contributed by atoms with van der Waals surface area (Å²) in [5.74, 6) is -0.0685. The van der Waals surface area contributed by atoms with Crippen molar-refractivity contribution in [1.29, 1.82) is 0 Å². The van der Waals surface area contributed by atoms with Crippen LogP contribution in [0, 0.1) is 0 Å². The van der Waals surface area contributed by atoms with Gasteiger partial charge < -0.3 is 24.4 Å². The summed E-state index contributed by atoms with van der Waals surface area (Å²) in [5, 5.41) is 10.5. The van der Waals surface area contributed by atoms with E-state index < -0.39 is 22.9 Å². The molecule has 2 aliphatic heterocycles. The molecule has 6 nitrogen and oxygen atoms in total. The maximum Gasteiger partial charge on any atom is 0.416 e. The molecule has 0 radical (unpaired) electrons. The van der Waals surface area contributed by atoms with Gasteiger partial charge >= 0.3 is 6.18 Å². The lowest BCUT2D eigenvalue weighted by Crippen LogP contribution is -2.61. The molecule has 2 heterocycles. The van der Waals surface area contributed by atoms with Crippen molar-refractivity contribution < 1.29 is 32.5 Å². The predicted octanol–water partition coefficient (Wildman–Crippen LogP) is 4.60. The monoisotopic (exact) mass is 518 g/mol. The van der Waals surface area contributed by atoms with Gasteiger partial charge in [-0.05, 0) is 68.0 Å². The molecule has 1 saturated carbocycles. The van der Waals surface area contributed by atoms with Crippen molar-refractivity contribution in [3.63, 3.8) is 0 Å². The normalized spacial score (nSPS) is 23.1. The second-order valence-corrected chi connectivity index (χ2v) is 10.6. The van der Waals surface area contributed by atoms with E-state index >= 15 is 0 Å². The highest BCUT2D eigenvalue weighted by Gasteiger charge is 2.44. The van der Waals surface area contributed by atoms with E-state index in [0.717, 1.165) is 30.9 Å². The van der Waals surface area contributed by atoms with Crippen LogP contribution in [-0.2, 0) is 21.3 Å². The van der Waals surface area contributed by atoms with Crippen molar-refractivity contribution in [2.24, 2.45) is 0 Å². The Morgan fingerprint density at radius 2 is 1.81 bits per heavy atom. The van der Waals surface area contributed by atoms with E-state index in [0.29, 0.717) is 56.9 Å².